The molecule has 0 aromatic heterocycles. The highest BCUT2D eigenvalue weighted by atomic mass is 79.9. The molecule has 0 unspecified atom stereocenters. The van der Waals surface area contributed by atoms with Crippen LogP contribution in [0.3, 0.4) is 0 Å². The number of rotatable bonds is 4. The highest BCUT2D eigenvalue weighted by molar-refractivity contribution is 9.10. The second-order valence-corrected chi connectivity index (χ2v) is 4.49. The lowest BCUT2D eigenvalue weighted by atomic mass is 10.3. The van der Waals surface area contributed by atoms with Crippen molar-refractivity contribution < 1.29 is 18.3 Å². The number of ether oxygens (including phenoxy) is 1. The standard InChI is InChI=1S/C11H12BrF2NO2/c1-6(2)17-11(16)5-15-10-3-7(12)8(13)4-9(10)14/h3-4,6,15H,5H2,1-2H3. The fraction of sp³-hybridized carbons (Fsp3) is 0.364. The van der Waals surface area contributed by atoms with Gasteiger partial charge in [-0.25, -0.2) is 8.78 Å². The van der Waals surface area contributed by atoms with Gasteiger partial charge in [0, 0.05) is 6.07 Å². The first-order chi connectivity index (χ1) is 7.90. The number of benzene rings is 1. The maximum atomic E-state index is 13.3. The Bertz CT molecular complexity index is 424. The largest absolute Gasteiger partial charge is 0.462 e. The number of halogens is 3. The third-order valence-corrected chi connectivity index (χ3v) is 2.41. The number of esters is 1. The first-order valence-electron chi connectivity index (χ1n) is 4.98. The number of nitrogens with one attached hydrogen (secondary N) is 1. The summed E-state index contributed by atoms with van der Waals surface area (Å²) >= 11 is 2.93. The molecule has 0 atom stereocenters. The molecule has 3 nitrogen and oxygen atoms in total. The van der Waals surface area contributed by atoms with Crippen molar-refractivity contribution in [3.8, 4) is 0 Å². The molecule has 0 saturated carbocycles. The van der Waals surface area contributed by atoms with E-state index >= 15 is 0 Å². The van der Waals surface area contributed by atoms with Crippen molar-refractivity contribution in [2.45, 2.75) is 20.0 Å². The monoisotopic (exact) mass is 307 g/mol. The van der Waals surface area contributed by atoms with Gasteiger partial charge in [0.2, 0.25) is 0 Å². The van der Waals surface area contributed by atoms with E-state index in [-0.39, 0.29) is 22.8 Å². The summed E-state index contributed by atoms with van der Waals surface area (Å²) in [5, 5.41) is 2.54. The molecule has 17 heavy (non-hydrogen) atoms. The Morgan fingerprint density at radius 3 is 2.65 bits per heavy atom. The molecule has 0 aliphatic carbocycles. The van der Waals surface area contributed by atoms with Gasteiger partial charge in [-0.2, -0.15) is 0 Å². The van der Waals surface area contributed by atoms with Crippen LogP contribution in [0.15, 0.2) is 16.6 Å². The van der Waals surface area contributed by atoms with Gasteiger partial charge in [-0.3, -0.25) is 4.79 Å². The van der Waals surface area contributed by atoms with E-state index in [0.717, 1.165) is 6.07 Å². The van der Waals surface area contributed by atoms with Crippen LogP contribution in [0.1, 0.15) is 13.8 Å². The maximum absolute atomic E-state index is 13.3. The molecule has 0 aliphatic rings. The second-order valence-electron chi connectivity index (χ2n) is 3.64. The summed E-state index contributed by atoms with van der Waals surface area (Å²) in [6, 6.07) is 1.97. The summed E-state index contributed by atoms with van der Waals surface area (Å²) in [5.41, 5.74) is 0.0407. The molecule has 0 amide bonds. The van der Waals surface area contributed by atoms with Crippen molar-refractivity contribution in [1.29, 1.82) is 0 Å². The van der Waals surface area contributed by atoms with E-state index in [2.05, 4.69) is 21.2 Å². The second kappa shape index (κ2) is 5.95. The molecule has 6 heteroatoms. The van der Waals surface area contributed by atoms with Gasteiger partial charge in [0.1, 0.15) is 18.2 Å². The van der Waals surface area contributed by atoms with E-state index in [4.69, 9.17) is 4.74 Å². The Balaban J connectivity index is 2.63. The summed E-state index contributed by atoms with van der Waals surface area (Å²) in [6.07, 6.45) is -0.228. The van der Waals surface area contributed by atoms with Crippen LogP contribution in [0.4, 0.5) is 14.5 Å². The van der Waals surface area contributed by atoms with Gasteiger partial charge in [-0.05, 0) is 35.8 Å². The lowest BCUT2D eigenvalue weighted by molar-refractivity contribution is -0.145. The summed E-state index contributed by atoms with van der Waals surface area (Å²) in [6.45, 7) is 3.26. The molecular weight excluding hydrogens is 296 g/mol. The van der Waals surface area contributed by atoms with Crippen molar-refractivity contribution in [2.75, 3.05) is 11.9 Å². The average molecular weight is 308 g/mol. The van der Waals surface area contributed by atoms with E-state index < -0.39 is 17.6 Å². The summed E-state index contributed by atoms with van der Waals surface area (Å²) in [7, 11) is 0. The number of carbonyl (C=O) groups is 1. The third-order valence-electron chi connectivity index (χ3n) is 1.80. The fourth-order valence-electron chi connectivity index (χ4n) is 1.13. The van der Waals surface area contributed by atoms with E-state index in [1.54, 1.807) is 13.8 Å². The lowest BCUT2D eigenvalue weighted by Gasteiger charge is -2.10. The fourth-order valence-corrected chi connectivity index (χ4v) is 1.47. The molecule has 0 saturated heterocycles. The minimum atomic E-state index is -0.761. The Labute approximate surface area is 106 Å². The van der Waals surface area contributed by atoms with Crippen LogP contribution >= 0.6 is 15.9 Å². The zero-order valence-electron chi connectivity index (χ0n) is 9.39. The van der Waals surface area contributed by atoms with Crippen molar-refractivity contribution in [3.05, 3.63) is 28.2 Å². The summed E-state index contributed by atoms with van der Waals surface area (Å²) in [4.78, 5) is 11.2. The lowest BCUT2D eigenvalue weighted by Crippen LogP contribution is -2.20. The van der Waals surface area contributed by atoms with Gasteiger partial charge in [-0.1, -0.05) is 0 Å². The first kappa shape index (κ1) is 13.9. The van der Waals surface area contributed by atoms with Gasteiger partial charge in [0.25, 0.3) is 0 Å². The Hall–Kier alpha value is -1.17. The molecule has 0 bridgehead atoms. The molecule has 0 aliphatic heterocycles. The van der Waals surface area contributed by atoms with Crippen LogP contribution in [-0.4, -0.2) is 18.6 Å². The minimum absolute atomic E-state index is 0.0407. The van der Waals surface area contributed by atoms with Gasteiger partial charge in [0.15, 0.2) is 0 Å². The van der Waals surface area contributed by atoms with Crippen molar-refractivity contribution in [2.24, 2.45) is 0 Å². The zero-order chi connectivity index (χ0) is 13.0. The molecule has 0 fully saturated rings. The average Bonchev–Trinajstić information content (AvgIpc) is 2.20. The molecule has 0 radical (unpaired) electrons. The van der Waals surface area contributed by atoms with Gasteiger partial charge >= 0.3 is 5.97 Å². The molecule has 1 aromatic rings. The Morgan fingerprint density at radius 2 is 2.06 bits per heavy atom. The van der Waals surface area contributed by atoms with Crippen LogP contribution in [0.2, 0.25) is 0 Å². The molecule has 0 heterocycles. The van der Waals surface area contributed by atoms with Crippen molar-refractivity contribution >= 4 is 27.6 Å². The Kier molecular flexibility index (Phi) is 4.86. The topological polar surface area (TPSA) is 38.3 Å². The predicted molar refractivity (Wildman–Crippen MR) is 63.8 cm³/mol. The van der Waals surface area contributed by atoms with Crippen LogP contribution in [0.5, 0.6) is 0 Å². The number of hydrogen-bond acceptors (Lipinski definition) is 3. The number of hydrogen-bond donors (Lipinski definition) is 1. The smallest absolute Gasteiger partial charge is 0.325 e. The maximum Gasteiger partial charge on any atom is 0.325 e. The van der Waals surface area contributed by atoms with Crippen LogP contribution < -0.4 is 5.32 Å². The van der Waals surface area contributed by atoms with Crippen LogP contribution in [0.25, 0.3) is 0 Å². The minimum Gasteiger partial charge on any atom is -0.462 e. The van der Waals surface area contributed by atoms with Gasteiger partial charge in [-0.15, -0.1) is 0 Å². The molecule has 1 rings (SSSR count). The normalized spacial score (nSPS) is 10.5. The van der Waals surface area contributed by atoms with E-state index in [1.165, 1.54) is 6.07 Å². The van der Waals surface area contributed by atoms with E-state index in [9.17, 15) is 13.6 Å². The first-order valence-corrected chi connectivity index (χ1v) is 5.77. The van der Waals surface area contributed by atoms with E-state index in [1.807, 2.05) is 0 Å². The predicted octanol–water partition coefficient (Wildman–Crippen LogP) is 3.09. The SMILES string of the molecule is CC(C)OC(=O)CNc1cc(Br)c(F)cc1F. The Morgan fingerprint density at radius 1 is 1.41 bits per heavy atom. The van der Waals surface area contributed by atoms with Crippen LogP contribution in [0, 0.1) is 11.6 Å². The number of carbonyl (C=O) groups excluding carboxylic acids is 1. The zero-order valence-corrected chi connectivity index (χ0v) is 11.0. The molecule has 94 valence electrons. The quantitative estimate of drug-likeness (QED) is 0.686. The molecular formula is C11H12BrF2NO2. The highest BCUT2D eigenvalue weighted by Crippen LogP contribution is 2.23. The molecule has 0 spiro atoms. The van der Waals surface area contributed by atoms with Gasteiger partial charge < -0.3 is 10.1 Å². The molecule has 1 N–H and O–H groups in total. The van der Waals surface area contributed by atoms with E-state index in [0.29, 0.717) is 0 Å². The molecule has 1 aromatic carbocycles. The third kappa shape index (κ3) is 4.30. The van der Waals surface area contributed by atoms with Crippen molar-refractivity contribution in [3.63, 3.8) is 0 Å². The highest BCUT2D eigenvalue weighted by Gasteiger charge is 2.10. The van der Waals surface area contributed by atoms with Crippen LogP contribution in [-0.2, 0) is 9.53 Å². The summed E-state index contributed by atoms with van der Waals surface area (Å²) < 4.78 is 31.2. The van der Waals surface area contributed by atoms with Gasteiger partial charge in [0.05, 0.1) is 16.3 Å². The summed E-state index contributed by atoms with van der Waals surface area (Å²) in [5.74, 6) is -1.96. The number of anilines is 1. The van der Waals surface area contributed by atoms with Crippen molar-refractivity contribution in [1.82, 2.24) is 0 Å².